The van der Waals surface area contributed by atoms with E-state index in [-0.39, 0.29) is 53.5 Å². The molecule has 1 saturated carbocycles. The molecular weight excluding hydrogens is 645 g/mol. The second-order valence-electron chi connectivity index (χ2n) is 13.1. The average molecular weight is 687 g/mol. The maximum atomic E-state index is 13.9. The molecule has 10 nitrogen and oxygen atoms in total. The smallest absolute Gasteiger partial charge is 0.306 e. The molecule has 3 heterocycles. The van der Waals surface area contributed by atoms with Gasteiger partial charge in [0.1, 0.15) is 11.8 Å². The summed E-state index contributed by atoms with van der Waals surface area (Å²) in [5.41, 5.74) is 1.89. The Kier molecular flexibility index (Phi) is 10.4. The van der Waals surface area contributed by atoms with Crippen LogP contribution in [0.3, 0.4) is 0 Å². The number of para-hydroxylation sites is 1. The van der Waals surface area contributed by atoms with E-state index in [1.807, 2.05) is 23.1 Å². The first-order valence-corrected chi connectivity index (χ1v) is 17.0. The van der Waals surface area contributed by atoms with Crippen LogP contribution in [-0.4, -0.2) is 90.3 Å². The molecule has 3 aromatic rings. The highest BCUT2D eigenvalue weighted by Crippen LogP contribution is 2.34. The zero-order valence-corrected chi connectivity index (χ0v) is 28.1. The summed E-state index contributed by atoms with van der Waals surface area (Å²) in [6.07, 6.45) is 4.99. The van der Waals surface area contributed by atoms with E-state index in [2.05, 4.69) is 17.1 Å². The van der Waals surface area contributed by atoms with Crippen molar-refractivity contribution in [3.8, 4) is 0 Å². The number of aliphatic carboxylic acids is 1. The number of anilines is 1. The Balaban J connectivity index is 1.13. The minimum absolute atomic E-state index is 0.0117. The summed E-state index contributed by atoms with van der Waals surface area (Å²) in [6, 6.07) is 10.5. The number of carbonyl (C=O) groups excluding carboxylic acids is 2. The molecule has 0 spiro atoms. The van der Waals surface area contributed by atoms with Gasteiger partial charge in [-0.05, 0) is 61.8 Å². The van der Waals surface area contributed by atoms with Crippen molar-refractivity contribution in [1.82, 2.24) is 9.80 Å². The lowest BCUT2D eigenvalue weighted by Gasteiger charge is -2.30. The number of carbonyl (C=O) groups is 3. The molecule has 1 aliphatic carbocycles. The second-order valence-corrected chi connectivity index (χ2v) is 14.0. The number of fused-ring (bicyclic) bond motifs is 1. The molecule has 2 aromatic carbocycles. The van der Waals surface area contributed by atoms with E-state index in [1.54, 1.807) is 25.3 Å². The van der Waals surface area contributed by atoms with Crippen LogP contribution in [0.5, 0.6) is 0 Å². The molecule has 3 fully saturated rings. The zero-order chi connectivity index (χ0) is 33.2. The molecule has 2 N–H and O–H groups in total. The molecule has 2 amide bonds. The lowest BCUT2D eigenvalue weighted by Crippen LogP contribution is -2.41. The van der Waals surface area contributed by atoms with Crippen LogP contribution in [0.25, 0.3) is 11.0 Å². The number of hydrogen-bond donors (Lipinski definition) is 2. The molecule has 0 unspecified atom stereocenters. The monoisotopic (exact) mass is 685 g/mol. The van der Waals surface area contributed by atoms with E-state index in [9.17, 15) is 19.5 Å². The van der Waals surface area contributed by atoms with Crippen molar-refractivity contribution in [2.75, 3.05) is 38.7 Å². The number of nitrogens with zero attached hydrogens (tertiary/aromatic N) is 2. The number of nitrogens with one attached hydrogen (secondary N) is 1. The van der Waals surface area contributed by atoms with Gasteiger partial charge in [-0.3, -0.25) is 19.3 Å². The first-order chi connectivity index (χ1) is 22.6. The summed E-state index contributed by atoms with van der Waals surface area (Å²) < 4.78 is 17.5. The van der Waals surface area contributed by atoms with Crippen molar-refractivity contribution in [3.63, 3.8) is 0 Å². The van der Waals surface area contributed by atoms with E-state index in [1.165, 1.54) is 6.26 Å². The highest BCUT2D eigenvalue weighted by atomic mass is 35.5. The van der Waals surface area contributed by atoms with Gasteiger partial charge in [-0.1, -0.05) is 48.3 Å². The molecule has 4 atom stereocenters. The molecule has 0 bridgehead atoms. The van der Waals surface area contributed by atoms with Crippen LogP contribution in [0.2, 0.25) is 10.0 Å². The standard InChI is InChI=1S/C35H41Cl2N3O7/c1-20-15-39(17-32(20)45-2)23-13-24(18-46-25-9-7-21(8-10-25)35(43)44)40(16-23)33(41)12-22-11-29(37)30(14-28(22)36)38-34(42)27-19-47-31-6-4-3-5-26(27)31/h3-6,11,14,19-21,23-25,32H,7-10,12-13,15-18H2,1-2H3,(H,38,42)(H,43,44)/t20-,21?,23-,24-,25?,32-/m0/s1. The molecule has 6 rings (SSSR count). The maximum Gasteiger partial charge on any atom is 0.306 e. The molecule has 1 aromatic heterocycles. The third-order valence-corrected chi connectivity index (χ3v) is 10.8. The molecule has 12 heteroatoms. The molecule has 47 heavy (non-hydrogen) atoms. The molecule has 2 saturated heterocycles. The normalized spacial score (nSPS) is 26.6. The predicted molar refractivity (Wildman–Crippen MR) is 179 cm³/mol. The third-order valence-electron chi connectivity index (χ3n) is 10.1. The Morgan fingerprint density at radius 3 is 2.53 bits per heavy atom. The minimum atomic E-state index is -0.742. The van der Waals surface area contributed by atoms with Crippen LogP contribution in [0.1, 0.15) is 54.9 Å². The summed E-state index contributed by atoms with van der Waals surface area (Å²) in [4.78, 5) is 42.7. The number of rotatable bonds is 10. The number of benzene rings is 2. The van der Waals surface area contributed by atoms with Gasteiger partial charge in [0.15, 0.2) is 0 Å². The summed E-state index contributed by atoms with van der Waals surface area (Å²) >= 11 is 13.3. The van der Waals surface area contributed by atoms with Crippen molar-refractivity contribution in [2.45, 2.75) is 69.7 Å². The quantitative estimate of drug-likeness (QED) is 0.261. The molecule has 252 valence electrons. The van der Waals surface area contributed by atoms with Gasteiger partial charge in [0.2, 0.25) is 5.91 Å². The van der Waals surface area contributed by atoms with Gasteiger partial charge >= 0.3 is 5.97 Å². The summed E-state index contributed by atoms with van der Waals surface area (Å²) in [5, 5.41) is 13.5. The molecular formula is C35H41Cl2N3O7. The highest BCUT2D eigenvalue weighted by Gasteiger charge is 2.42. The van der Waals surface area contributed by atoms with E-state index >= 15 is 0 Å². The van der Waals surface area contributed by atoms with Crippen molar-refractivity contribution < 1.29 is 33.4 Å². The van der Waals surface area contributed by atoms with Gasteiger partial charge in [0, 0.05) is 43.2 Å². The number of halogens is 2. The third kappa shape index (κ3) is 7.47. The fourth-order valence-corrected chi connectivity index (χ4v) is 7.81. The summed E-state index contributed by atoms with van der Waals surface area (Å²) in [6.45, 7) is 4.88. The summed E-state index contributed by atoms with van der Waals surface area (Å²) in [7, 11) is 1.75. The maximum absolute atomic E-state index is 13.9. The fraction of sp³-hybridized carbons (Fsp3) is 0.514. The van der Waals surface area contributed by atoms with Gasteiger partial charge in [-0.25, -0.2) is 0 Å². The van der Waals surface area contributed by atoms with Crippen LogP contribution in [0.4, 0.5) is 5.69 Å². The Morgan fingerprint density at radius 1 is 1.04 bits per heavy atom. The Labute approximate surface area is 284 Å². The molecule has 0 radical (unpaired) electrons. The van der Waals surface area contributed by atoms with E-state index in [0.717, 1.165) is 19.5 Å². The Hall–Kier alpha value is -3.15. The van der Waals surface area contributed by atoms with Gasteiger partial charge in [0.25, 0.3) is 5.91 Å². The lowest BCUT2D eigenvalue weighted by atomic mass is 9.87. The lowest BCUT2D eigenvalue weighted by molar-refractivity contribution is -0.144. The number of methoxy groups -OCH3 is 1. The first-order valence-electron chi connectivity index (χ1n) is 16.3. The fourth-order valence-electron chi connectivity index (χ4n) is 7.35. The van der Waals surface area contributed by atoms with Crippen LogP contribution in [-0.2, 0) is 25.5 Å². The zero-order valence-electron chi connectivity index (χ0n) is 26.6. The molecule has 2 aliphatic heterocycles. The van der Waals surface area contributed by atoms with E-state index in [0.29, 0.717) is 77.6 Å². The first kappa shape index (κ1) is 33.7. The minimum Gasteiger partial charge on any atom is -0.481 e. The SMILES string of the molecule is CO[C@H]1CN([C@H]2C[C@@H](COC3CCC(C(=O)O)CC3)N(C(=O)Cc3cc(Cl)c(NC(=O)c4coc5ccccc45)cc3Cl)C2)C[C@@H]1C. The van der Waals surface area contributed by atoms with Gasteiger partial charge in [-0.2, -0.15) is 0 Å². The number of ether oxygens (including phenoxy) is 2. The van der Waals surface area contributed by atoms with Crippen LogP contribution < -0.4 is 5.32 Å². The van der Waals surface area contributed by atoms with Gasteiger partial charge < -0.3 is 29.2 Å². The van der Waals surface area contributed by atoms with Crippen LogP contribution >= 0.6 is 23.2 Å². The van der Waals surface area contributed by atoms with Gasteiger partial charge in [0.05, 0.1) is 53.5 Å². The number of likely N-dealkylation sites (tertiary alicyclic amines) is 2. The van der Waals surface area contributed by atoms with Crippen LogP contribution in [0.15, 0.2) is 47.1 Å². The topological polar surface area (TPSA) is 122 Å². The summed E-state index contributed by atoms with van der Waals surface area (Å²) in [5.74, 6) is -1.11. The Bertz CT molecular complexity index is 1620. The molecule has 3 aliphatic rings. The predicted octanol–water partition coefficient (Wildman–Crippen LogP) is 6.13. The van der Waals surface area contributed by atoms with Crippen molar-refractivity contribution in [3.05, 3.63) is 63.8 Å². The van der Waals surface area contributed by atoms with E-state index in [4.69, 9.17) is 37.1 Å². The van der Waals surface area contributed by atoms with Crippen molar-refractivity contribution in [1.29, 1.82) is 0 Å². The van der Waals surface area contributed by atoms with Crippen LogP contribution in [0, 0.1) is 11.8 Å². The Morgan fingerprint density at radius 2 is 1.81 bits per heavy atom. The van der Waals surface area contributed by atoms with Crippen molar-refractivity contribution >= 4 is 57.6 Å². The number of carboxylic acids is 1. The average Bonchev–Trinajstić information content (AvgIpc) is 3.79. The second kappa shape index (κ2) is 14.5. The van der Waals surface area contributed by atoms with Gasteiger partial charge in [-0.15, -0.1) is 0 Å². The highest BCUT2D eigenvalue weighted by molar-refractivity contribution is 6.36. The number of carboxylic acid groups (broad SMARTS) is 1. The van der Waals surface area contributed by atoms with Crippen molar-refractivity contribution in [2.24, 2.45) is 11.8 Å². The largest absolute Gasteiger partial charge is 0.481 e. The number of amides is 2. The number of furan rings is 1. The number of hydrogen-bond acceptors (Lipinski definition) is 7. The van der Waals surface area contributed by atoms with E-state index < -0.39 is 5.97 Å².